The summed E-state index contributed by atoms with van der Waals surface area (Å²) in [6.07, 6.45) is 1.47. The van der Waals surface area contributed by atoms with E-state index in [4.69, 9.17) is 0 Å². The number of pyridine rings is 1. The van der Waals surface area contributed by atoms with Crippen molar-refractivity contribution in [1.29, 1.82) is 0 Å². The maximum atomic E-state index is 13.0. The molecule has 1 aliphatic rings. The van der Waals surface area contributed by atoms with Crippen LogP contribution in [0, 0.1) is 11.9 Å². The molecule has 0 aliphatic carbocycles. The fraction of sp³-hybridized carbons (Fsp3) is 0.500. The van der Waals surface area contributed by atoms with Crippen molar-refractivity contribution in [2.75, 3.05) is 6.54 Å². The highest BCUT2D eigenvalue weighted by Crippen LogP contribution is 2.22. The van der Waals surface area contributed by atoms with Crippen molar-refractivity contribution in [2.24, 2.45) is 5.92 Å². The van der Waals surface area contributed by atoms with Crippen molar-refractivity contribution in [2.45, 2.75) is 32.7 Å². The smallest absolute Gasteiger partial charge is 0.273 e. The normalized spacial score (nSPS) is 18.9. The highest BCUT2D eigenvalue weighted by atomic mass is 19.1. The standard InChI is InChI=1S/C14H17FN2O2/c1-9(2)13(18)11-6-4-8-17(11)14(19)10-5-3-7-12(15)16-10/h3,5,7,9,11H,4,6,8H2,1-2H3/t11-/m0/s1. The quantitative estimate of drug-likeness (QED) is 0.785. The van der Waals surface area contributed by atoms with Crippen LogP contribution in [0.5, 0.6) is 0 Å². The van der Waals surface area contributed by atoms with E-state index in [1.165, 1.54) is 23.1 Å². The Hall–Kier alpha value is -1.78. The average Bonchev–Trinajstić information content (AvgIpc) is 2.85. The van der Waals surface area contributed by atoms with Crippen LogP contribution in [0.4, 0.5) is 4.39 Å². The molecule has 0 radical (unpaired) electrons. The summed E-state index contributed by atoms with van der Waals surface area (Å²) < 4.78 is 13.0. The zero-order valence-electron chi connectivity index (χ0n) is 11.1. The molecule has 5 heteroatoms. The predicted molar refractivity (Wildman–Crippen MR) is 68.1 cm³/mol. The van der Waals surface area contributed by atoms with Gasteiger partial charge in [0, 0.05) is 12.5 Å². The van der Waals surface area contributed by atoms with E-state index in [0.29, 0.717) is 13.0 Å². The Bertz CT molecular complexity index is 502. The maximum Gasteiger partial charge on any atom is 0.273 e. The summed E-state index contributed by atoms with van der Waals surface area (Å²) in [6.45, 7) is 4.17. The number of carbonyl (C=O) groups is 2. The topological polar surface area (TPSA) is 50.3 Å². The van der Waals surface area contributed by atoms with Gasteiger partial charge in [-0.15, -0.1) is 0 Å². The van der Waals surface area contributed by atoms with Gasteiger partial charge < -0.3 is 4.90 Å². The van der Waals surface area contributed by atoms with E-state index in [0.717, 1.165) is 6.42 Å². The molecule has 0 N–H and O–H groups in total. The molecule has 4 nitrogen and oxygen atoms in total. The van der Waals surface area contributed by atoms with Crippen molar-refractivity contribution >= 4 is 11.7 Å². The van der Waals surface area contributed by atoms with Gasteiger partial charge in [-0.05, 0) is 25.0 Å². The molecule has 1 atom stereocenters. The third-order valence-electron chi connectivity index (χ3n) is 3.35. The van der Waals surface area contributed by atoms with Crippen LogP contribution in [-0.4, -0.2) is 34.2 Å². The van der Waals surface area contributed by atoms with E-state index in [1.54, 1.807) is 0 Å². The van der Waals surface area contributed by atoms with Gasteiger partial charge in [-0.2, -0.15) is 4.39 Å². The fourth-order valence-electron chi connectivity index (χ4n) is 2.36. The molecule has 1 aliphatic heterocycles. The Balaban J connectivity index is 2.21. The minimum absolute atomic E-state index is 0.0576. The fourth-order valence-corrected chi connectivity index (χ4v) is 2.36. The summed E-state index contributed by atoms with van der Waals surface area (Å²) in [5.74, 6) is -1.10. The van der Waals surface area contributed by atoms with Gasteiger partial charge in [-0.1, -0.05) is 19.9 Å². The Kier molecular flexibility index (Phi) is 3.93. The molecule has 0 aromatic carbocycles. The maximum absolute atomic E-state index is 13.0. The number of halogens is 1. The van der Waals surface area contributed by atoms with Crippen molar-refractivity contribution in [3.8, 4) is 0 Å². The Morgan fingerprint density at radius 3 is 2.79 bits per heavy atom. The van der Waals surface area contributed by atoms with E-state index in [-0.39, 0.29) is 23.3 Å². The third-order valence-corrected chi connectivity index (χ3v) is 3.35. The lowest BCUT2D eigenvalue weighted by molar-refractivity contribution is -0.125. The Labute approximate surface area is 111 Å². The molecular weight excluding hydrogens is 247 g/mol. The Morgan fingerprint density at radius 2 is 2.16 bits per heavy atom. The molecule has 0 spiro atoms. The second-order valence-corrected chi connectivity index (χ2v) is 5.06. The summed E-state index contributed by atoms with van der Waals surface area (Å²) in [4.78, 5) is 29.5. The van der Waals surface area contributed by atoms with Gasteiger partial charge in [0.2, 0.25) is 5.95 Å². The molecule has 1 aromatic rings. The van der Waals surface area contributed by atoms with Gasteiger partial charge in [0.05, 0.1) is 6.04 Å². The lowest BCUT2D eigenvalue weighted by atomic mass is 10.00. The molecule has 2 rings (SSSR count). The zero-order valence-corrected chi connectivity index (χ0v) is 11.1. The molecule has 1 amide bonds. The third kappa shape index (κ3) is 2.80. The zero-order chi connectivity index (χ0) is 14.0. The first-order valence-corrected chi connectivity index (χ1v) is 6.48. The van der Waals surface area contributed by atoms with Crippen LogP contribution in [0.1, 0.15) is 37.2 Å². The van der Waals surface area contributed by atoms with Crippen LogP contribution in [0.3, 0.4) is 0 Å². The molecule has 1 saturated heterocycles. The summed E-state index contributed by atoms with van der Waals surface area (Å²) in [6, 6.07) is 3.72. The van der Waals surface area contributed by atoms with Crippen LogP contribution >= 0.6 is 0 Å². The predicted octanol–water partition coefficient (Wildman–Crippen LogP) is 2.05. The molecule has 1 aromatic heterocycles. The number of Topliss-reactive ketones (excluding diaryl/α,β-unsaturated/α-hetero) is 1. The van der Waals surface area contributed by atoms with Crippen LogP contribution < -0.4 is 0 Å². The first kappa shape index (κ1) is 13.6. The average molecular weight is 264 g/mol. The minimum atomic E-state index is -0.684. The monoisotopic (exact) mass is 264 g/mol. The Morgan fingerprint density at radius 1 is 1.42 bits per heavy atom. The molecule has 0 bridgehead atoms. The van der Waals surface area contributed by atoms with E-state index >= 15 is 0 Å². The van der Waals surface area contributed by atoms with Gasteiger partial charge in [-0.3, -0.25) is 9.59 Å². The van der Waals surface area contributed by atoms with E-state index < -0.39 is 12.0 Å². The number of ketones is 1. The highest BCUT2D eigenvalue weighted by molar-refractivity contribution is 5.97. The van der Waals surface area contributed by atoms with Crippen molar-refractivity contribution in [3.63, 3.8) is 0 Å². The van der Waals surface area contributed by atoms with E-state index in [2.05, 4.69) is 4.98 Å². The highest BCUT2D eigenvalue weighted by Gasteiger charge is 2.35. The number of amides is 1. The number of hydrogen-bond donors (Lipinski definition) is 0. The van der Waals surface area contributed by atoms with Crippen LogP contribution in [0.15, 0.2) is 18.2 Å². The number of nitrogens with zero attached hydrogens (tertiary/aromatic N) is 2. The molecule has 2 heterocycles. The SMILES string of the molecule is CC(C)C(=O)[C@@H]1CCCN1C(=O)c1cccc(F)n1. The van der Waals surface area contributed by atoms with Crippen molar-refractivity contribution in [1.82, 2.24) is 9.88 Å². The van der Waals surface area contributed by atoms with Gasteiger partial charge >= 0.3 is 0 Å². The molecule has 19 heavy (non-hydrogen) atoms. The molecule has 102 valence electrons. The number of aromatic nitrogens is 1. The summed E-state index contributed by atoms with van der Waals surface area (Å²) in [5.41, 5.74) is 0.0588. The van der Waals surface area contributed by atoms with Crippen molar-refractivity contribution in [3.05, 3.63) is 29.8 Å². The minimum Gasteiger partial charge on any atom is -0.327 e. The van der Waals surface area contributed by atoms with Crippen LogP contribution in [0.25, 0.3) is 0 Å². The number of carbonyl (C=O) groups excluding carboxylic acids is 2. The molecular formula is C14H17FN2O2. The number of hydrogen-bond acceptors (Lipinski definition) is 3. The lowest BCUT2D eigenvalue weighted by Gasteiger charge is -2.24. The first-order valence-electron chi connectivity index (χ1n) is 6.48. The van der Waals surface area contributed by atoms with Crippen LogP contribution in [-0.2, 0) is 4.79 Å². The first-order chi connectivity index (χ1) is 9.00. The second-order valence-electron chi connectivity index (χ2n) is 5.06. The molecule has 0 saturated carbocycles. The number of rotatable bonds is 3. The summed E-state index contributed by atoms with van der Waals surface area (Å²) in [7, 11) is 0. The van der Waals surface area contributed by atoms with Gasteiger partial charge in [0.1, 0.15) is 5.69 Å². The molecule has 0 unspecified atom stereocenters. The largest absolute Gasteiger partial charge is 0.327 e. The van der Waals surface area contributed by atoms with Crippen LogP contribution in [0.2, 0.25) is 0 Å². The summed E-state index contributed by atoms with van der Waals surface area (Å²) >= 11 is 0. The number of likely N-dealkylation sites (tertiary alicyclic amines) is 1. The van der Waals surface area contributed by atoms with E-state index in [1.807, 2.05) is 13.8 Å². The van der Waals surface area contributed by atoms with Gasteiger partial charge in [0.15, 0.2) is 5.78 Å². The summed E-state index contributed by atoms with van der Waals surface area (Å²) in [5, 5.41) is 0. The molecule has 1 fully saturated rings. The van der Waals surface area contributed by atoms with E-state index in [9.17, 15) is 14.0 Å². The van der Waals surface area contributed by atoms with Gasteiger partial charge in [-0.25, -0.2) is 4.98 Å². The lowest BCUT2D eigenvalue weighted by Crippen LogP contribution is -2.42. The van der Waals surface area contributed by atoms with Crippen molar-refractivity contribution < 1.29 is 14.0 Å². The van der Waals surface area contributed by atoms with Gasteiger partial charge in [0.25, 0.3) is 5.91 Å². The second kappa shape index (κ2) is 5.47.